The van der Waals surface area contributed by atoms with E-state index < -0.39 is 0 Å². The first kappa shape index (κ1) is 12.6. The van der Waals surface area contributed by atoms with Gasteiger partial charge in [-0.3, -0.25) is 0 Å². The highest BCUT2D eigenvalue weighted by Gasteiger charge is 2.20. The second kappa shape index (κ2) is 5.67. The molecule has 2 N–H and O–H groups in total. The molecule has 1 fully saturated rings. The van der Waals surface area contributed by atoms with Gasteiger partial charge in [-0.15, -0.1) is 0 Å². The topological polar surface area (TPSA) is 51.4 Å². The predicted molar refractivity (Wildman–Crippen MR) is 69.4 cm³/mol. The maximum Gasteiger partial charge on any atom is 0.128 e. The number of anilines is 1. The summed E-state index contributed by atoms with van der Waals surface area (Å²) < 4.78 is 5.35. The van der Waals surface area contributed by atoms with E-state index in [0.29, 0.717) is 17.7 Å². The molecule has 0 amide bonds. The Labute approximate surface area is 107 Å². The Morgan fingerprint density at radius 3 is 2.82 bits per heavy atom. The van der Waals surface area contributed by atoms with Crippen molar-refractivity contribution in [1.82, 2.24) is 4.98 Å². The van der Waals surface area contributed by atoms with Gasteiger partial charge >= 0.3 is 0 Å². The van der Waals surface area contributed by atoms with Crippen LogP contribution in [0.15, 0.2) is 12.3 Å². The SMILES string of the molecule is COC1CCN(c2cc(CN)c(Cl)cn2)CC1. The van der Waals surface area contributed by atoms with Gasteiger partial charge in [0.25, 0.3) is 0 Å². The average Bonchev–Trinajstić information content (AvgIpc) is 2.39. The Morgan fingerprint density at radius 2 is 2.24 bits per heavy atom. The van der Waals surface area contributed by atoms with E-state index >= 15 is 0 Å². The first-order valence-corrected chi connectivity index (χ1v) is 6.24. The Morgan fingerprint density at radius 1 is 1.53 bits per heavy atom. The van der Waals surface area contributed by atoms with E-state index in [1.807, 2.05) is 6.07 Å². The van der Waals surface area contributed by atoms with Crippen molar-refractivity contribution in [2.24, 2.45) is 5.73 Å². The number of methoxy groups -OCH3 is 1. The fourth-order valence-electron chi connectivity index (χ4n) is 2.12. The average molecular weight is 256 g/mol. The molecule has 0 aromatic carbocycles. The first-order chi connectivity index (χ1) is 8.24. The van der Waals surface area contributed by atoms with Crippen LogP contribution in [-0.4, -0.2) is 31.3 Å². The molecule has 0 saturated carbocycles. The van der Waals surface area contributed by atoms with Gasteiger partial charge in [0.15, 0.2) is 0 Å². The molecular weight excluding hydrogens is 238 g/mol. The van der Waals surface area contributed by atoms with Gasteiger partial charge < -0.3 is 15.4 Å². The third-order valence-electron chi connectivity index (χ3n) is 3.24. The molecule has 1 aromatic rings. The zero-order valence-electron chi connectivity index (χ0n) is 10.0. The smallest absolute Gasteiger partial charge is 0.128 e. The van der Waals surface area contributed by atoms with Crippen molar-refractivity contribution in [2.45, 2.75) is 25.5 Å². The number of ether oxygens (including phenoxy) is 1. The van der Waals surface area contributed by atoms with Crippen LogP contribution in [0.2, 0.25) is 5.02 Å². The minimum Gasteiger partial charge on any atom is -0.381 e. The van der Waals surface area contributed by atoms with Crippen LogP contribution in [0.1, 0.15) is 18.4 Å². The van der Waals surface area contributed by atoms with E-state index in [0.717, 1.165) is 37.3 Å². The highest BCUT2D eigenvalue weighted by molar-refractivity contribution is 6.31. The molecule has 0 radical (unpaired) electrons. The van der Waals surface area contributed by atoms with Gasteiger partial charge in [0, 0.05) is 32.9 Å². The molecule has 0 aliphatic carbocycles. The molecule has 2 rings (SSSR count). The number of nitrogens with two attached hydrogens (primary N) is 1. The monoisotopic (exact) mass is 255 g/mol. The lowest BCUT2D eigenvalue weighted by atomic mass is 10.1. The Bertz CT molecular complexity index is 378. The summed E-state index contributed by atoms with van der Waals surface area (Å²) in [6, 6.07) is 1.98. The largest absolute Gasteiger partial charge is 0.381 e. The van der Waals surface area contributed by atoms with E-state index in [4.69, 9.17) is 22.1 Å². The minimum atomic E-state index is 0.382. The van der Waals surface area contributed by atoms with Gasteiger partial charge in [0.2, 0.25) is 0 Å². The van der Waals surface area contributed by atoms with Crippen molar-refractivity contribution in [3.63, 3.8) is 0 Å². The summed E-state index contributed by atoms with van der Waals surface area (Å²) in [6.45, 7) is 2.39. The molecule has 4 nitrogen and oxygen atoms in total. The highest BCUT2D eigenvalue weighted by atomic mass is 35.5. The van der Waals surface area contributed by atoms with Crippen LogP contribution in [0.3, 0.4) is 0 Å². The molecule has 1 saturated heterocycles. The molecule has 1 aromatic heterocycles. The standard InChI is InChI=1S/C12H18ClN3O/c1-17-10-2-4-16(5-3-10)12-6-9(7-14)11(13)8-15-12/h6,8,10H,2-5,7,14H2,1H3. The predicted octanol–water partition coefficient (Wildman–Crippen LogP) is 1.81. The van der Waals surface area contributed by atoms with Gasteiger partial charge in [-0.1, -0.05) is 11.6 Å². The molecule has 0 spiro atoms. The second-order valence-electron chi connectivity index (χ2n) is 4.26. The number of halogens is 1. The van der Waals surface area contributed by atoms with Crippen LogP contribution >= 0.6 is 11.6 Å². The lowest BCUT2D eigenvalue weighted by Crippen LogP contribution is -2.37. The number of hydrogen-bond acceptors (Lipinski definition) is 4. The maximum atomic E-state index is 6.00. The van der Waals surface area contributed by atoms with Crippen molar-refractivity contribution in [2.75, 3.05) is 25.1 Å². The molecule has 1 aliphatic rings. The minimum absolute atomic E-state index is 0.382. The second-order valence-corrected chi connectivity index (χ2v) is 4.67. The Balaban J connectivity index is 2.08. The van der Waals surface area contributed by atoms with Crippen molar-refractivity contribution in [3.8, 4) is 0 Å². The van der Waals surface area contributed by atoms with E-state index in [1.165, 1.54) is 0 Å². The van der Waals surface area contributed by atoms with Crippen LogP contribution in [0, 0.1) is 0 Å². The summed E-state index contributed by atoms with van der Waals surface area (Å²) >= 11 is 6.00. The molecule has 94 valence electrons. The number of hydrogen-bond donors (Lipinski definition) is 1. The van der Waals surface area contributed by atoms with Crippen LogP contribution in [0.4, 0.5) is 5.82 Å². The Hall–Kier alpha value is -0.840. The molecule has 2 heterocycles. The molecular formula is C12H18ClN3O. The number of nitrogens with zero attached hydrogens (tertiary/aromatic N) is 2. The van der Waals surface area contributed by atoms with Crippen molar-refractivity contribution >= 4 is 17.4 Å². The third kappa shape index (κ3) is 2.89. The summed E-state index contributed by atoms with van der Waals surface area (Å²) in [5.41, 5.74) is 6.59. The van der Waals surface area contributed by atoms with E-state index in [2.05, 4.69) is 9.88 Å². The van der Waals surface area contributed by atoms with Crippen molar-refractivity contribution < 1.29 is 4.74 Å². The molecule has 0 atom stereocenters. The number of rotatable bonds is 3. The highest BCUT2D eigenvalue weighted by Crippen LogP contribution is 2.23. The van der Waals surface area contributed by atoms with Gasteiger partial charge in [-0.05, 0) is 24.5 Å². The summed E-state index contributed by atoms with van der Waals surface area (Å²) in [5.74, 6) is 0.962. The van der Waals surface area contributed by atoms with E-state index in [1.54, 1.807) is 13.3 Å². The molecule has 0 bridgehead atoms. The maximum absolute atomic E-state index is 6.00. The fourth-order valence-corrected chi connectivity index (χ4v) is 2.30. The van der Waals surface area contributed by atoms with Crippen LogP contribution in [0.25, 0.3) is 0 Å². The van der Waals surface area contributed by atoms with Gasteiger partial charge in [0.05, 0.1) is 11.1 Å². The first-order valence-electron chi connectivity index (χ1n) is 5.87. The van der Waals surface area contributed by atoms with Gasteiger partial charge in [0.1, 0.15) is 5.82 Å². The zero-order valence-corrected chi connectivity index (χ0v) is 10.8. The quantitative estimate of drug-likeness (QED) is 0.895. The summed E-state index contributed by atoms with van der Waals surface area (Å²) in [5, 5.41) is 0.642. The molecule has 17 heavy (non-hydrogen) atoms. The number of piperidine rings is 1. The van der Waals surface area contributed by atoms with Gasteiger partial charge in [-0.25, -0.2) is 4.98 Å². The van der Waals surface area contributed by atoms with Crippen molar-refractivity contribution in [3.05, 3.63) is 22.8 Å². The number of pyridine rings is 1. The summed E-state index contributed by atoms with van der Waals surface area (Å²) in [6.07, 6.45) is 4.14. The van der Waals surface area contributed by atoms with Crippen LogP contribution in [0.5, 0.6) is 0 Å². The summed E-state index contributed by atoms with van der Waals surface area (Å²) in [4.78, 5) is 6.61. The molecule has 5 heteroatoms. The fraction of sp³-hybridized carbons (Fsp3) is 0.583. The Kier molecular flexibility index (Phi) is 4.20. The summed E-state index contributed by atoms with van der Waals surface area (Å²) in [7, 11) is 1.77. The lowest BCUT2D eigenvalue weighted by molar-refractivity contribution is 0.0818. The van der Waals surface area contributed by atoms with Crippen molar-refractivity contribution in [1.29, 1.82) is 0 Å². The molecule has 0 unspecified atom stereocenters. The van der Waals surface area contributed by atoms with Crippen LogP contribution in [-0.2, 0) is 11.3 Å². The van der Waals surface area contributed by atoms with Crippen LogP contribution < -0.4 is 10.6 Å². The van der Waals surface area contributed by atoms with Gasteiger partial charge in [-0.2, -0.15) is 0 Å². The number of aromatic nitrogens is 1. The third-order valence-corrected chi connectivity index (χ3v) is 3.58. The van der Waals surface area contributed by atoms with E-state index in [-0.39, 0.29) is 0 Å². The van der Waals surface area contributed by atoms with E-state index in [9.17, 15) is 0 Å². The normalized spacial score (nSPS) is 17.5. The lowest BCUT2D eigenvalue weighted by Gasteiger charge is -2.32. The molecule has 1 aliphatic heterocycles. The zero-order chi connectivity index (χ0) is 12.3.